The molecule has 0 saturated heterocycles. The highest BCUT2D eigenvalue weighted by molar-refractivity contribution is 5.98. The minimum absolute atomic E-state index is 0.0344. The summed E-state index contributed by atoms with van der Waals surface area (Å²) in [6.45, 7) is 0. The zero-order valence-corrected chi connectivity index (χ0v) is 8.03. The fourth-order valence-corrected chi connectivity index (χ4v) is 1.11. The van der Waals surface area contributed by atoms with Crippen LogP contribution in [0.2, 0.25) is 0 Å². The Morgan fingerprint density at radius 1 is 1.53 bits per heavy atom. The quantitative estimate of drug-likeness (QED) is 0.602. The molecule has 0 fully saturated rings. The first-order valence-electron chi connectivity index (χ1n) is 4.34. The number of terminal acetylenes is 1. The number of nitrogens with two attached hydrogens (primary N) is 1. The molecule has 3 heteroatoms. The Morgan fingerprint density at radius 2 is 2.20 bits per heavy atom. The molecule has 0 amide bonds. The molecule has 0 aliphatic heterocycles. The molecule has 2 N–H and O–H groups in total. The highest BCUT2D eigenvalue weighted by Gasteiger charge is 2.11. The molecule has 1 rings (SSSR count). The number of hydrogen-bond acceptors (Lipinski definition) is 2. The van der Waals surface area contributed by atoms with Crippen molar-refractivity contribution >= 4 is 5.78 Å². The lowest BCUT2D eigenvalue weighted by Crippen LogP contribution is -2.04. The number of Topliss-reactive ketones (excluding diaryl/α,β-unsaturated/α-hetero) is 1. The molecule has 0 unspecified atom stereocenters. The minimum atomic E-state index is -0.545. The van der Waals surface area contributed by atoms with Gasteiger partial charge in [0, 0.05) is 18.2 Å². The molecule has 1 aromatic carbocycles. The number of carbonyl (C=O) groups excluding carboxylic acids is 1. The largest absolute Gasteiger partial charge is 0.404 e. The van der Waals surface area contributed by atoms with E-state index in [0.717, 1.165) is 0 Å². The first-order chi connectivity index (χ1) is 7.19. The van der Waals surface area contributed by atoms with E-state index < -0.39 is 5.82 Å². The molecule has 2 nitrogen and oxygen atoms in total. The van der Waals surface area contributed by atoms with Gasteiger partial charge in [-0.15, -0.1) is 6.42 Å². The minimum Gasteiger partial charge on any atom is -0.404 e. The number of carbonyl (C=O) groups is 1. The van der Waals surface area contributed by atoms with Crippen molar-refractivity contribution in [2.75, 3.05) is 0 Å². The molecule has 0 atom stereocenters. The SMILES string of the molecule is C#C/C(=C/N)CC(=O)c1ccccc1F. The molecule has 0 bridgehead atoms. The number of allylic oxidation sites excluding steroid dienone is 1. The van der Waals surface area contributed by atoms with E-state index in [9.17, 15) is 9.18 Å². The fraction of sp³-hybridized carbons (Fsp3) is 0.0833. The van der Waals surface area contributed by atoms with Crippen LogP contribution in [0.4, 0.5) is 4.39 Å². The fourth-order valence-electron chi connectivity index (χ4n) is 1.11. The second-order valence-corrected chi connectivity index (χ2v) is 2.92. The predicted molar refractivity (Wildman–Crippen MR) is 56.5 cm³/mol. The van der Waals surface area contributed by atoms with Crippen molar-refractivity contribution in [3.63, 3.8) is 0 Å². The summed E-state index contributed by atoms with van der Waals surface area (Å²) in [5.41, 5.74) is 5.58. The van der Waals surface area contributed by atoms with E-state index in [4.69, 9.17) is 12.2 Å². The Bertz CT molecular complexity index is 443. The van der Waals surface area contributed by atoms with Crippen molar-refractivity contribution in [1.29, 1.82) is 0 Å². The van der Waals surface area contributed by atoms with Gasteiger partial charge >= 0.3 is 0 Å². The smallest absolute Gasteiger partial charge is 0.170 e. The van der Waals surface area contributed by atoms with Gasteiger partial charge in [0.1, 0.15) is 5.82 Å². The summed E-state index contributed by atoms with van der Waals surface area (Å²) in [4.78, 5) is 11.6. The molecule has 0 saturated carbocycles. The number of ketones is 1. The first-order valence-corrected chi connectivity index (χ1v) is 4.34. The van der Waals surface area contributed by atoms with Gasteiger partial charge < -0.3 is 5.73 Å². The Hall–Kier alpha value is -2.08. The van der Waals surface area contributed by atoms with Crippen LogP contribution in [0.25, 0.3) is 0 Å². The van der Waals surface area contributed by atoms with Crippen molar-refractivity contribution in [3.8, 4) is 12.3 Å². The van der Waals surface area contributed by atoms with Gasteiger partial charge in [-0.1, -0.05) is 18.1 Å². The first kappa shape index (κ1) is 11.0. The third-order valence-corrected chi connectivity index (χ3v) is 1.91. The van der Waals surface area contributed by atoms with Gasteiger partial charge in [-0.25, -0.2) is 4.39 Å². The summed E-state index contributed by atoms with van der Waals surface area (Å²) in [6, 6.07) is 5.77. The lowest BCUT2D eigenvalue weighted by atomic mass is 10.0. The van der Waals surface area contributed by atoms with E-state index in [-0.39, 0.29) is 17.8 Å². The zero-order valence-electron chi connectivity index (χ0n) is 8.03. The van der Waals surface area contributed by atoms with Crippen LogP contribution < -0.4 is 5.73 Å². The number of rotatable bonds is 3. The second-order valence-electron chi connectivity index (χ2n) is 2.92. The second kappa shape index (κ2) is 4.97. The van der Waals surface area contributed by atoms with Crippen LogP contribution in [0.3, 0.4) is 0 Å². The van der Waals surface area contributed by atoms with E-state index in [1.807, 2.05) is 0 Å². The van der Waals surface area contributed by atoms with E-state index >= 15 is 0 Å². The van der Waals surface area contributed by atoms with Crippen LogP contribution in [-0.4, -0.2) is 5.78 Å². The van der Waals surface area contributed by atoms with Gasteiger partial charge in [0.25, 0.3) is 0 Å². The molecular weight excluding hydrogens is 193 g/mol. The Morgan fingerprint density at radius 3 is 2.73 bits per heavy atom. The maximum Gasteiger partial charge on any atom is 0.170 e. The Kier molecular flexibility index (Phi) is 3.64. The third kappa shape index (κ3) is 2.68. The molecular formula is C12H10FNO. The average Bonchev–Trinajstić information content (AvgIpc) is 2.26. The van der Waals surface area contributed by atoms with Crippen LogP contribution in [-0.2, 0) is 0 Å². The lowest BCUT2D eigenvalue weighted by molar-refractivity contribution is 0.0990. The Labute approximate surface area is 87.6 Å². The van der Waals surface area contributed by atoms with Gasteiger partial charge in [-0.05, 0) is 12.1 Å². The van der Waals surface area contributed by atoms with Crippen molar-refractivity contribution in [2.45, 2.75) is 6.42 Å². The van der Waals surface area contributed by atoms with Crippen LogP contribution in [0, 0.1) is 18.2 Å². The molecule has 0 spiro atoms. The molecule has 15 heavy (non-hydrogen) atoms. The van der Waals surface area contributed by atoms with Gasteiger partial charge in [0.05, 0.1) is 5.56 Å². The number of hydrogen-bond donors (Lipinski definition) is 1. The van der Waals surface area contributed by atoms with Crippen molar-refractivity contribution in [3.05, 3.63) is 47.4 Å². The summed E-state index contributed by atoms with van der Waals surface area (Å²) in [7, 11) is 0. The van der Waals surface area contributed by atoms with E-state index in [0.29, 0.717) is 5.57 Å². The number of halogens is 1. The maximum atomic E-state index is 13.2. The van der Waals surface area contributed by atoms with Gasteiger partial charge in [0.2, 0.25) is 0 Å². The van der Waals surface area contributed by atoms with Gasteiger partial charge in [0.15, 0.2) is 5.78 Å². The maximum absolute atomic E-state index is 13.2. The highest BCUT2D eigenvalue weighted by atomic mass is 19.1. The molecule has 76 valence electrons. The van der Waals surface area contributed by atoms with Crippen LogP contribution in [0.1, 0.15) is 16.8 Å². The van der Waals surface area contributed by atoms with Crippen LogP contribution in [0.5, 0.6) is 0 Å². The topological polar surface area (TPSA) is 43.1 Å². The van der Waals surface area contributed by atoms with Crippen molar-refractivity contribution in [1.82, 2.24) is 0 Å². The van der Waals surface area contributed by atoms with E-state index in [1.165, 1.54) is 24.4 Å². The zero-order chi connectivity index (χ0) is 11.3. The molecule has 1 aromatic rings. The standard InChI is InChI=1S/C12H10FNO/c1-2-9(8-14)7-12(15)10-5-3-4-6-11(10)13/h1,3-6,8H,7,14H2/b9-8-. The van der Waals surface area contributed by atoms with Gasteiger partial charge in [-0.2, -0.15) is 0 Å². The van der Waals surface area contributed by atoms with Gasteiger partial charge in [-0.3, -0.25) is 4.79 Å². The summed E-state index contributed by atoms with van der Waals surface area (Å²) < 4.78 is 13.2. The van der Waals surface area contributed by atoms with Crippen molar-refractivity contribution in [2.24, 2.45) is 5.73 Å². The molecule has 0 aliphatic rings. The number of benzene rings is 1. The predicted octanol–water partition coefficient (Wildman–Crippen LogP) is 1.87. The third-order valence-electron chi connectivity index (χ3n) is 1.91. The van der Waals surface area contributed by atoms with Crippen LogP contribution >= 0.6 is 0 Å². The normalized spacial score (nSPS) is 10.8. The van der Waals surface area contributed by atoms with E-state index in [2.05, 4.69) is 5.92 Å². The monoisotopic (exact) mass is 203 g/mol. The molecule has 0 heterocycles. The molecule has 0 aromatic heterocycles. The highest BCUT2D eigenvalue weighted by Crippen LogP contribution is 2.11. The molecule has 0 radical (unpaired) electrons. The summed E-state index contributed by atoms with van der Waals surface area (Å²) in [5, 5.41) is 0. The van der Waals surface area contributed by atoms with E-state index in [1.54, 1.807) is 6.07 Å². The average molecular weight is 203 g/mol. The Balaban J connectivity index is 2.88. The van der Waals surface area contributed by atoms with Crippen molar-refractivity contribution < 1.29 is 9.18 Å². The lowest BCUT2D eigenvalue weighted by Gasteiger charge is -2.01. The van der Waals surface area contributed by atoms with Crippen LogP contribution in [0.15, 0.2) is 36.0 Å². The summed E-state index contributed by atoms with van der Waals surface area (Å²) in [6.07, 6.45) is 6.24. The molecule has 0 aliphatic carbocycles. The summed E-state index contributed by atoms with van der Waals surface area (Å²) in [5.74, 6) is 1.35. The summed E-state index contributed by atoms with van der Waals surface area (Å²) >= 11 is 0.